The zero-order chi connectivity index (χ0) is 11.0. The minimum absolute atomic E-state index is 0.00791. The summed E-state index contributed by atoms with van der Waals surface area (Å²) in [6.07, 6.45) is 0. The van der Waals surface area contributed by atoms with E-state index < -0.39 is 0 Å². The van der Waals surface area contributed by atoms with Crippen LogP contribution in [-0.2, 0) is 0 Å². The second-order valence-electron chi connectivity index (χ2n) is 3.35. The van der Waals surface area contributed by atoms with Crippen LogP contribution < -0.4 is 0 Å². The molecule has 0 spiro atoms. The molecule has 1 aromatic carbocycles. The van der Waals surface area contributed by atoms with E-state index in [-0.39, 0.29) is 5.78 Å². The number of fused-ring (bicyclic) bond motifs is 1. The number of nitrogens with zero attached hydrogens (tertiary/aromatic N) is 2. The second kappa shape index (κ2) is 3.59. The Kier molecular flexibility index (Phi) is 2.40. The van der Waals surface area contributed by atoms with Crippen LogP contribution in [0.15, 0.2) is 18.2 Å². The maximum Gasteiger partial charge on any atom is 0.159 e. The van der Waals surface area contributed by atoms with Gasteiger partial charge in [0, 0.05) is 10.9 Å². The average molecular weight is 221 g/mol. The lowest BCUT2D eigenvalue weighted by molar-refractivity contribution is 0.101. The van der Waals surface area contributed by atoms with Crippen LogP contribution in [0.3, 0.4) is 0 Å². The topological polar surface area (TPSA) is 42.9 Å². The lowest BCUT2D eigenvalue weighted by Gasteiger charge is -2.02. The molecule has 0 unspecified atom stereocenters. The summed E-state index contributed by atoms with van der Waals surface area (Å²) in [4.78, 5) is 19.5. The predicted molar refractivity (Wildman–Crippen MR) is 59.3 cm³/mol. The molecule has 1 aromatic heterocycles. The average Bonchev–Trinajstić information content (AvgIpc) is 2.16. The maximum atomic E-state index is 11.2. The van der Waals surface area contributed by atoms with Crippen LogP contribution in [0.2, 0.25) is 5.15 Å². The van der Waals surface area contributed by atoms with Crippen molar-refractivity contribution in [1.29, 1.82) is 0 Å². The van der Waals surface area contributed by atoms with Crippen LogP contribution in [0.25, 0.3) is 10.9 Å². The first-order chi connectivity index (χ1) is 7.08. The molecule has 3 nitrogen and oxygen atoms in total. The van der Waals surface area contributed by atoms with Crippen LogP contribution >= 0.6 is 11.6 Å². The molecule has 15 heavy (non-hydrogen) atoms. The number of carbonyl (C=O) groups excluding carboxylic acids is 1. The summed E-state index contributed by atoms with van der Waals surface area (Å²) in [7, 11) is 0. The minimum atomic E-state index is 0.00791. The van der Waals surface area contributed by atoms with E-state index in [0.717, 1.165) is 10.9 Å². The van der Waals surface area contributed by atoms with Gasteiger partial charge in [-0.05, 0) is 32.0 Å². The molecule has 0 N–H and O–H groups in total. The molecular formula is C11H9ClN2O. The lowest BCUT2D eigenvalue weighted by Crippen LogP contribution is -1.95. The summed E-state index contributed by atoms with van der Waals surface area (Å²) < 4.78 is 0. The number of carbonyl (C=O) groups is 1. The zero-order valence-electron chi connectivity index (χ0n) is 8.41. The van der Waals surface area contributed by atoms with Crippen LogP contribution in [0.4, 0.5) is 0 Å². The lowest BCUT2D eigenvalue weighted by atomic mass is 10.1. The molecule has 2 rings (SSSR count). The maximum absolute atomic E-state index is 11.2. The molecule has 0 saturated carbocycles. The molecule has 0 amide bonds. The zero-order valence-corrected chi connectivity index (χ0v) is 9.17. The van der Waals surface area contributed by atoms with Crippen molar-refractivity contribution < 1.29 is 4.79 Å². The van der Waals surface area contributed by atoms with Gasteiger partial charge in [0.15, 0.2) is 5.78 Å². The van der Waals surface area contributed by atoms with E-state index in [4.69, 9.17) is 11.6 Å². The van der Waals surface area contributed by atoms with E-state index in [9.17, 15) is 4.79 Å². The first-order valence-electron chi connectivity index (χ1n) is 4.53. The number of hydrogen-bond donors (Lipinski definition) is 0. The number of benzene rings is 1. The number of aromatic nitrogens is 2. The molecule has 0 aliphatic rings. The van der Waals surface area contributed by atoms with Crippen molar-refractivity contribution in [2.45, 2.75) is 13.8 Å². The highest BCUT2D eigenvalue weighted by molar-refractivity contribution is 6.34. The number of rotatable bonds is 1. The largest absolute Gasteiger partial charge is 0.295 e. The van der Waals surface area contributed by atoms with Gasteiger partial charge in [0.25, 0.3) is 0 Å². The Balaban J connectivity index is 2.76. The van der Waals surface area contributed by atoms with Crippen LogP contribution in [0.1, 0.15) is 23.1 Å². The summed E-state index contributed by atoms with van der Waals surface area (Å²) in [6, 6.07) is 5.25. The number of aryl methyl sites for hydroxylation is 1. The van der Waals surface area contributed by atoms with Crippen molar-refractivity contribution >= 4 is 28.3 Å². The normalized spacial score (nSPS) is 10.6. The van der Waals surface area contributed by atoms with E-state index in [1.807, 2.05) is 0 Å². The molecule has 0 aliphatic carbocycles. The van der Waals surface area contributed by atoms with Crippen molar-refractivity contribution in [3.05, 3.63) is 34.7 Å². The molecule has 0 fully saturated rings. The van der Waals surface area contributed by atoms with Gasteiger partial charge < -0.3 is 0 Å². The molecule has 0 bridgehead atoms. The molecular weight excluding hydrogens is 212 g/mol. The third-order valence-electron chi connectivity index (χ3n) is 2.17. The van der Waals surface area contributed by atoms with E-state index in [1.165, 1.54) is 6.92 Å². The third kappa shape index (κ3) is 1.83. The Bertz CT molecular complexity index is 552. The highest BCUT2D eigenvalue weighted by atomic mass is 35.5. The molecule has 76 valence electrons. The van der Waals surface area contributed by atoms with E-state index in [1.54, 1.807) is 25.1 Å². The molecule has 0 saturated heterocycles. The smallest absolute Gasteiger partial charge is 0.159 e. The second-order valence-corrected chi connectivity index (χ2v) is 3.71. The highest BCUT2D eigenvalue weighted by Crippen LogP contribution is 2.21. The van der Waals surface area contributed by atoms with Gasteiger partial charge in [-0.1, -0.05) is 11.6 Å². The molecule has 4 heteroatoms. The van der Waals surface area contributed by atoms with Gasteiger partial charge in [-0.2, -0.15) is 0 Å². The Morgan fingerprint density at radius 1 is 1.33 bits per heavy atom. The van der Waals surface area contributed by atoms with Gasteiger partial charge in [0.2, 0.25) is 0 Å². The van der Waals surface area contributed by atoms with Crippen molar-refractivity contribution in [2.75, 3.05) is 0 Å². The fourth-order valence-electron chi connectivity index (χ4n) is 1.42. The summed E-state index contributed by atoms with van der Waals surface area (Å²) in [6.45, 7) is 3.30. The Morgan fingerprint density at radius 2 is 2.07 bits per heavy atom. The van der Waals surface area contributed by atoms with Crippen LogP contribution in [-0.4, -0.2) is 15.8 Å². The molecule has 0 radical (unpaired) electrons. The summed E-state index contributed by atoms with van der Waals surface area (Å²) in [5.74, 6) is 0.636. The van der Waals surface area contributed by atoms with Crippen LogP contribution in [0, 0.1) is 6.92 Å². The highest BCUT2D eigenvalue weighted by Gasteiger charge is 2.06. The van der Waals surface area contributed by atoms with E-state index in [2.05, 4.69) is 9.97 Å². The standard InChI is InChI=1S/C11H9ClN2O/c1-6(15)8-3-4-10-9(5-8)11(12)14-7(2)13-10/h3-5H,1-2H3. The Morgan fingerprint density at radius 3 is 2.73 bits per heavy atom. The monoisotopic (exact) mass is 220 g/mol. The summed E-state index contributed by atoms with van der Waals surface area (Å²) in [5.41, 5.74) is 1.38. The molecule has 0 atom stereocenters. The Labute approximate surface area is 92.1 Å². The van der Waals surface area contributed by atoms with Gasteiger partial charge >= 0.3 is 0 Å². The van der Waals surface area contributed by atoms with Gasteiger partial charge in [-0.25, -0.2) is 9.97 Å². The van der Waals surface area contributed by atoms with Crippen molar-refractivity contribution in [1.82, 2.24) is 9.97 Å². The first-order valence-corrected chi connectivity index (χ1v) is 4.90. The summed E-state index contributed by atoms with van der Waals surface area (Å²) in [5, 5.41) is 1.11. The van der Waals surface area contributed by atoms with Crippen molar-refractivity contribution in [2.24, 2.45) is 0 Å². The van der Waals surface area contributed by atoms with Gasteiger partial charge in [0.05, 0.1) is 5.52 Å². The van der Waals surface area contributed by atoms with Crippen molar-refractivity contribution in [3.63, 3.8) is 0 Å². The summed E-state index contributed by atoms with van der Waals surface area (Å²) >= 11 is 5.98. The molecule has 2 aromatic rings. The number of halogens is 1. The molecule has 1 heterocycles. The van der Waals surface area contributed by atoms with Gasteiger partial charge in [0.1, 0.15) is 11.0 Å². The first kappa shape index (κ1) is 10.1. The third-order valence-corrected chi connectivity index (χ3v) is 2.46. The van der Waals surface area contributed by atoms with E-state index in [0.29, 0.717) is 16.5 Å². The van der Waals surface area contributed by atoms with Gasteiger partial charge in [-0.3, -0.25) is 4.79 Å². The minimum Gasteiger partial charge on any atom is -0.295 e. The van der Waals surface area contributed by atoms with Crippen LogP contribution in [0.5, 0.6) is 0 Å². The SMILES string of the molecule is CC(=O)c1ccc2nc(C)nc(Cl)c2c1. The van der Waals surface area contributed by atoms with Crippen molar-refractivity contribution in [3.8, 4) is 0 Å². The quantitative estimate of drug-likeness (QED) is 0.548. The predicted octanol–water partition coefficient (Wildman–Crippen LogP) is 2.79. The Hall–Kier alpha value is -1.48. The van der Waals surface area contributed by atoms with E-state index >= 15 is 0 Å². The fourth-order valence-corrected chi connectivity index (χ4v) is 1.69. The number of ketones is 1. The fraction of sp³-hybridized carbons (Fsp3) is 0.182. The van der Waals surface area contributed by atoms with Gasteiger partial charge in [-0.15, -0.1) is 0 Å². The molecule has 0 aliphatic heterocycles. The number of Topliss-reactive ketones (excluding diaryl/α,β-unsaturated/α-hetero) is 1. The number of hydrogen-bond acceptors (Lipinski definition) is 3.